The molecule has 1 saturated heterocycles. The third-order valence-electron chi connectivity index (χ3n) is 3.51. The molecule has 0 bridgehead atoms. The zero-order valence-corrected chi connectivity index (χ0v) is 12.2. The molecule has 1 aliphatic rings. The molecule has 0 spiro atoms. The summed E-state index contributed by atoms with van der Waals surface area (Å²) in [5.74, 6) is 0.563. The molecule has 2 heterocycles. The van der Waals surface area contributed by atoms with Gasteiger partial charge in [0.1, 0.15) is 0 Å². The molecule has 114 valence electrons. The highest BCUT2D eigenvalue weighted by molar-refractivity contribution is 5.92. The zero-order chi connectivity index (χ0) is 15.2. The fourth-order valence-corrected chi connectivity index (χ4v) is 2.28. The molecule has 0 radical (unpaired) electrons. The summed E-state index contributed by atoms with van der Waals surface area (Å²) < 4.78 is 5.30. The number of carbonyl (C=O) groups excluding carboxylic acids is 1. The van der Waals surface area contributed by atoms with Crippen LogP contribution in [0.1, 0.15) is 16.1 Å². The number of carbonyl (C=O) groups is 1. The molecule has 1 aliphatic heterocycles. The van der Waals surface area contributed by atoms with Crippen LogP contribution in [0.2, 0.25) is 0 Å². The summed E-state index contributed by atoms with van der Waals surface area (Å²) in [7, 11) is 0. The van der Waals surface area contributed by atoms with Gasteiger partial charge in [0.2, 0.25) is 0 Å². The number of nitrogens with zero attached hydrogens (tertiary/aromatic N) is 3. The van der Waals surface area contributed by atoms with Gasteiger partial charge >= 0.3 is 0 Å². The Kier molecular flexibility index (Phi) is 4.60. The van der Waals surface area contributed by atoms with Crippen molar-refractivity contribution in [3.05, 3.63) is 53.7 Å². The van der Waals surface area contributed by atoms with Gasteiger partial charge in [-0.2, -0.15) is 0 Å². The fourth-order valence-electron chi connectivity index (χ4n) is 2.28. The van der Waals surface area contributed by atoms with Crippen molar-refractivity contribution in [2.24, 2.45) is 0 Å². The number of amides is 1. The Labute approximate surface area is 129 Å². The number of benzene rings is 1. The normalized spacial score (nSPS) is 14.6. The van der Waals surface area contributed by atoms with Crippen LogP contribution in [0.3, 0.4) is 0 Å². The van der Waals surface area contributed by atoms with E-state index in [1.165, 1.54) is 0 Å². The summed E-state index contributed by atoms with van der Waals surface area (Å²) in [4.78, 5) is 14.2. The maximum atomic E-state index is 12.1. The minimum absolute atomic E-state index is 0.218. The average Bonchev–Trinajstić information content (AvgIpc) is 2.61. The Bertz CT molecular complexity index is 610. The molecule has 1 N–H and O–H groups in total. The second-order valence-corrected chi connectivity index (χ2v) is 5.04. The number of rotatable bonds is 4. The lowest BCUT2D eigenvalue weighted by molar-refractivity contribution is 0.0944. The number of hydrogen-bond acceptors (Lipinski definition) is 5. The molecular formula is C16H18N4O2. The largest absolute Gasteiger partial charge is 0.378 e. The number of morpholine rings is 1. The molecule has 22 heavy (non-hydrogen) atoms. The first-order valence-electron chi connectivity index (χ1n) is 7.31. The quantitative estimate of drug-likeness (QED) is 0.920. The summed E-state index contributed by atoms with van der Waals surface area (Å²) in [6, 6.07) is 13.3. The first-order valence-corrected chi connectivity index (χ1v) is 7.31. The maximum absolute atomic E-state index is 12.1. The van der Waals surface area contributed by atoms with E-state index in [0.717, 1.165) is 24.5 Å². The van der Waals surface area contributed by atoms with Crippen molar-refractivity contribution in [1.29, 1.82) is 0 Å². The van der Waals surface area contributed by atoms with Crippen molar-refractivity contribution >= 4 is 11.7 Å². The van der Waals surface area contributed by atoms with Gasteiger partial charge in [-0.05, 0) is 17.7 Å². The molecule has 2 aromatic rings. The van der Waals surface area contributed by atoms with Crippen LogP contribution in [0, 0.1) is 0 Å². The summed E-state index contributed by atoms with van der Waals surface area (Å²) in [5.41, 5.74) is 1.38. The third kappa shape index (κ3) is 3.59. The van der Waals surface area contributed by atoms with E-state index in [4.69, 9.17) is 4.74 Å². The lowest BCUT2D eigenvalue weighted by Crippen LogP contribution is -2.37. The van der Waals surface area contributed by atoms with Gasteiger partial charge in [0, 0.05) is 19.6 Å². The number of aromatic nitrogens is 2. The van der Waals surface area contributed by atoms with E-state index >= 15 is 0 Å². The molecule has 1 amide bonds. The van der Waals surface area contributed by atoms with Gasteiger partial charge in [-0.15, -0.1) is 10.2 Å². The summed E-state index contributed by atoms with van der Waals surface area (Å²) in [6.45, 7) is 3.47. The van der Waals surface area contributed by atoms with Crippen molar-refractivity contribution < 1.29 is 9.53 Å². The van der Waals surface area contributed by atoms with Gasteiger partial charge in [-0.3, -0.25) is 4.79 Å². The van der Waals surface area contributed by atoms with Crippen LogP contribution in [0.5, 0.6) is 0 Å². The standard InChI is InChI=1S/C16H18N4O2/c21-16(17-12-13-4-2-1-3-5-13)14-6-7-15(19-18-14)20-8-10-22-11-9-20/h1-7H,8-12H2,(H,17,21). The maximum Gasteiger partial charge on any atom is 0.272 e. The van der Waals surface area contributed by atoms with Crippen molar-refractivity contribution in [2.75, 3.05) is 31.2 Å². The Morgan fingerprint density at radius 3 is 2.55 bits per heavy atom. The van der Waals surface area contributed by atoms with E-state index < -0.39 is 0 Å². The number of ether oxygens (including phenoxy) is 1. The highest BCUT2D eigenvalue weighted by atomic mass is 16.5. The van der Waals surface area contributed by atoms with Gasteiger partial charge in [0.15, 0.2) is 11.5 Å². The van der Waals surface area contributed by atoms with E-state index in [1.807, 2.05) is 36.4 Å². The van der Waals surface area contributed by atoms with Gasteiger partial charge < -0.3 is 15.0 Å². The van der Waals surface area contributed by atoms with Crippen LogP contribution in [0.4, 0.5) is 5.82 Å². The van der Waals surface area contributed by atoms with Crippen molar-refractivity contribution in [1.82, 2.24) is 15.5 Å². The van der Waals surface area contributed by atoms with Crippen LogP contribution in [-0.2, 0) is 11.3 Å². The topological polar surface area (TPSA) is 67.4 Å². The van der Waals surface area contributed by atoms with Crippen LogP contribution in [-0.4, -0.2) is 42.4 Å². The van der Waals surface area contributed by atoms with E-state index in [1.54, 1.807) is 6.07 Å². The smallest absolute Gasteiger partial charge is 0.272 e. The van der Waals surface area contributed by atoms with Crippen LogP contribution < -0.4 is 10.2 Å². The number of nitrogens with one attached hydrogen (secondary N) is 1. The van der Waals surface area contributed by atoms with Gasteiger partial charge in [-0.1, -0.05) is 30.3 Å². The number of anilines is 1. The molecule has 0 atom stereocenters. The Morgan fingerprint density at radius 2 is 1.86 bits per heavy atom. The Balaban J connectivity index is 1.58. The SMILES string of the molecule is O=C(NCc1ccccc1)c1ccc(N2CCOCC2)nn1. The van der Waals surface area contributed by atoms with Gasteiger partial charge in [-0.25, -0.2) is 0 Å². The molecule has 0 saturated carbocycles. The van der Waals surface area contributed by atoms with E-state index in [0.29, 0.717) is 25.5 Å². The minimum Gasteiger partial charge on any atom is -0.378 e. The molecule has 6 heteroatoms. The first-order chi connectivity index (χ1) is 10.8. The van der Waals surface area contributed by atoms with E-state index in [-0.39, 0.29) is 5.91 Å². The van der Waals surface area contributed by atoms with E-state index in [2.05, 4.69) is 20.4 Å². The summed E-state index contributed by atoms with van der Waals surface area (Å²) >= 11 is 0. The fraction of sp³-hybridized carbons (Fsp3) is 0.312. The Morgan fingerprint density at radius 1 is 1.09 bits per heavy atom. The molecule has 1 aromatic carbocycles. The minimum atomic E-state index is -0.218. The second-order valence-electron chi connectivity index (χ2n) is 5.04. The van der Waals surface area contributed by atoms with E-state index in [9.17, 15) is 4.79 Å². The Hall–Kier alpha value is -2.47. The number of hydrogen-bond donors (Lipinski definition) is 1. The summed E-state index contributed by atoms with van der Waals surface area (Å²) in [6.07, 6.45) is 0. The zero-order valence-electron chi connectivity index (χ0n) is 12.2. The van der Waals surface area contributed by atoms with Crippen LogP contribution >= 0.6 is 0 Å². The highest BCUT2D eigenvalue weighted by Gasteiger charge is 2.14. The average molecular weight is 298 g/mol. The molecule has 6 nitrogen and oxygen atoms in total. The van der Waals surface area contributed by atoms with Crippen molar-refractivity contribution in [3.8, 4) is 0 Å². The summed E-state index contributed by atoms with van der Waals surface area (Å²) in [5, 5.41) is 11.0. The molecule has 0 unspecified atom stereocenters. The lowest BCUT2D eigenvalue weighted by atomic mass is 10.2. The van der Waals surface area contributed by atoms with Crippen LogP contribution in [0.25, 0.3) is 0 Å². The molecular weight excluding hydrogens is 280 g/mol. The van der Waals surface area contributed by atoms with Gasteiger partial charge in [0.05, 0.1) is 13.2 Å². The van der Waals surface area contributed by atoms with Crippen LogP contribution in [0.15, 0.2) is 42.5 Å². The first kappa shape index (κ1) is 14.5. The van der Waals surface area contributed by atoms with Crippen molar-refractivity contribution in [3.63, 3.8) is 0 Å². The second kappa shape index (κ2) is 7.00. The predicted octanol–water partition coefficient (Wildman–Crippen LogP) is 1.24. The predicted molar refractivity (Wildman–Crippen MR) is 82.7 cm³/mol. The molecule has 3 rings (SSSR count). The molecule has 0 aliphatic carbocycles. The molecule has 1 aromatic heterocycles. The highest BCUT2D eigenvalue weighted by Crippen LogP contribution is 2.11. The van der Waals surface area contributed by atoms with Crippen molar-refractivity contribution in [2.45, 2.75) is 6.54 Å². The van der Waals surface area contributed by atoms with Gasteiger partial charge in [0.25, 0.3) is 5.91 Å². The monoisotopic (exact) mass is 298 g/mol. The third-order valence-corrected chi connectivity index (χ3v) is 3.51. The lowest BCUT2D eigenvalue weighted by Gasteiger charge is -2.27. The molecule has 1 fully saturated rings.